The molecule has 0 saturated heterocycles. The number of alkyl halides is 3. The summed E-state index contributed by atoms with van der Waals surface area (Å²) in [7, 11) is 0. The van der Waals surface area contributed by atoms with Gasteiger partial charge < -0.3 is 0 Å². The molecular formula is C15H9ClF3N3O5. The Balaban J connectivity index is 2.89. The van der Waals surface area contributed by atoms with E-state index in [4.69, 9.17) is 11.6 Å². The van der Waals surface area contributed by atoms with Crippen molar-refractivity contribution in [2.24, 2.45) is 0 Å². The van der Waals surface area contributed by atoms with Crippen molar-refractivity contribution in [1.82, 2.24) is 0 Å². The Labute approximate surface area is 154 Å². The van der Waals surface area contributed by atoms with Crippen LogP contribution in [0, 0.1) is 27.2 Å². The topological polar surface area (TPSA) is 107 Å². The first-order valence-electron chi connectivity index (χ1n) is 7.02. The van der Waals surface area contributed by atoms with E-state index in [9.17, 15) is 38.2 Å². The van der Waals surface area contributed by atoms with Gasteiger partial charge in [0.15, 0.2) is 0 Å². The van der Waals surface area contributed by atoms with Crippen molar-refractivity contribution in [2.75, 3.05) is 4.90 Å². The number of carbonyl (C=O) groups excluding carboxylic acids is 1. The summed E-state index contributed by atoms with van der Waals surface area (Å²) in [6.45, 7) is 1.60. The van der Waals surface area contributed by atoms with Crippen molar-refractivity contribution in [3.63, 3.8) is 0 Å². The Hall–Kier alpha value is -3.21. The Morgan fingerprint density at radius 1 is 1.11 bits per heavy atom. The summed E-state index contributed by atoms with van der Waals surface area (Å²) in [4.78, 5) is 31.6. The standard InChI is InChI=1S/C15H9ClF3N3O5/c1-8-2-3-9(5-12(8)16)20(7-23)14-11(15(17,18)19)4-10(21(24)25)6-13(14)22(26)27/h2-7H,1H3. The number of hydrogen-bond donors (Lipinski definition) is 0. The van der Waals surface area contributed by atoms with Crippen LogP contribution in [0.3, 0.4) is 0 Å². The molecule has 0 saturated carbocycles. The first-order valence-corrected chi connectivity index (χ1v) is 7.40. The van der Waals surface area contributed by atoms with Crippen molar-refractivity contribution < 1.29 is 27.8 Å². The Kier molecular flexibility index (Phi) is 5.36. The average molecular weight is 404 g/mol. The van der Waals surface area contributed by atoms with Crippen LogP contribution in [0.15, 0.2) is 30.3 Å². The molecule has 8 nitrogen and oxygen atoms in total. The molecule has 2 rings (SSSR count). The highest BCUT2D eigenvalue weighted by Gasteiger charge is 2.41. The van der Waals surface area contributed by atoms with Crippen LogP contribution in [0.4, 0.5) is 35.9 Å². The van der Waals surface area contributed by atoms with Crippen LogP contribution in [-0.4, -0.2) is 16.3 Å². The predicted molar refractivity (Wildman–Crippen MR) is 89.1 cm³/mol. The number of nitro benzene ring substituents is 2. The third-order valence-electron chi connectivity index (χ3n) is 3.57. The van der Waals surface area contributed by atoms with Gasteiger partial charge in [-0.15, -0.1) is 0 Å². The second-order valence-electron chi connectivity index (χ2n) is 5.28. The van der Waals surface area contributed by atoms with Gasteiger partial charge in [0.1, 0.15) is 5.69 Å². The van der Waals surface area contributed by atoms with Crippen LogP contribution in [0.25, 0.3) is 0 Å². The van der Waals surface area contributed by atoms with Gasteiger partial charge in [-0.3, -0.25) is 29.9 Å². The smallest absolute Gasteiger partial charge is 0.278 e. The molecule has 0 bridgehead atoms. The molecule has 12 heteroatoms. The zero-order chi connectivity index (χ0) is 20.5. The molecule has 0 aromatic heterocycles. The second kappa shape index (κ2) is 7.19. The molecule has 27 heavy (non-hydrogen) atoms. The number of carbonyl (C=O) groups is 1. The summed E-state index contributed by atoms with van der Waals surface area (Å²) in [5, 5.41) is 22.3. The normalized spacial score (nSPS) is 11.1. The van der Waals surface area contributed by atoms with Gasteiger partial charge in [-0.2, -0.15) is 13.2 Å². The molecule has 1 amide bonds. The monoisotopic (exact) mass is 403 g/mol. The van der Waals surface area contributed by atoms with Gasteiger partial charge in [0.05, 0.1) is 27.2 Å². The maximum absolute atomic E-state index is 13.5. The van der Waals surface area contributed by atoms with Crippen LogP contribution in [-0.2, 0) is 11.0 Å². The summed E-state index contributed by atoms with van der Waals surface area (Å²) >= 11 is 5.91. The molecule has 2 aromatic rings. The molecular weight excluding hydrogens is 395 g/mol. The maximum Gasteiger partial charge on any atom is 0.418 e. The largest absolute Gasteiger partial charge is 0.418 e. The lowest BCUT2D eigenvalue weighted by atomic mass is 10.1. The fraction of sp³-hybridized carbons (Fsp3) is 0.133. The van der Waals surface area contributed by atoms with E-state index in [1.807, 2.05) is 0 Å². The lowest BCUT2D eigenvalue weighted by Gasteiger charge is -2.22. The molecule has 0 N–H and O–H groups in total. The van der Waals surface area contributed by atoms with Crippen molar-refractivity contribution in [2.45, 2.75) is 13.1 Å². The Bertz CT molecular complexity index is 949. The molecule has 0 atom stereocenters. The maximum atomic E-state index is 13.5. The highest BCUT2D eigenvalue weighted by molar-refractivity contribution is 6.31. The third kappa shape index (κ3) is 3.97. The average Bonchev–Trinajstić information content (AvgIpc) is 2.57. The number of halogens is 4. The summed E-state index contributed by atoms with van der Waals surface area (Å²) in [5.41, 5.74) is -4.85. The Morgan fingerprint density at radius 3 is 2.19 bits per heavy atom. The van der Waals surface area contributed by atoms with E-state index < -0.39 is 38.6 Å². The molecule has 0 unspecified atom stereocenters. The predicted octanol–water partition coefficient (Wildman–Crippen LogP) is 4.78. The van der Waals surface area contributed by atoms with Gasteiger partial charge in [-0.05, 0) is 24.6 Å². The van der Waals surface area contributed by atoms with Crippen LogP contribution in [0.1, 0.15) is 11.1 Å². The summed E-state index contributed by atoms with van der Waals surface area (Å²) in [6.07, 6.45) is -5.27. The van der Waals surface area contributed by atoms with E-state index in [0.29, 0.717) is 16.5 Å². The van der Waals surface area contributed by atoms with Crippen molar-refractivity contribution in [1.29, 1.82) is 0 Å². The highest BCUT2D eigenvalue weighted by atomic mass is 35.5. The number of aryl methyl sites for hydroxylation is 1. The summed E-state index contributed by atoms with van der Waals surface area (Å²) < 4.78 is 40.4. The zero-order valence-electron chi connectivity index (χ0n) is 13.4. The number of nitrogens with zero attached hydrogens (tertiary/aromatic N) is 3. The summed E-state index contributed by atoms with van der Waals surface area (Å²) in [5.74, 6) is 0. The van der Waals surface area contributed by atoms with Crippen LogP contribution in [0.5, 0.6) is 0 Å². The van der Waals surface area contributed by atoms with Gasteiger partial charge in [0.25, 0.3) is 5.69 Å². The quantitative estimate of drug-likeness (QED) is 0.405. The van der Waals surface area contributed by atoms with Crippen molar-refractivity contribution in [3.05, 3.63) is 66.7 Å². The lowest BCUT2D eigenvalue weighted by molar-refractivity contribution is -0.394. The number of rotatable bonds is 5. The molecule has 2 aromatic carbocycles. The number of nitro groups is 2. The van der Waals surface area contributed by atoms with E-state index in [1.54, 1.807) is 6.92 Å². The molecule has 0 heterocycles. The zero-order valence-corrected chi connectivity index (χ0v) is 14.1. The lowest BCUT2D eigenvalue weighted by Crippen LogP contribution is -2.21. The highest BCUT2D eigenvalue weighted by Crippen LogP contribution is 2.46. The number of amides is 1. The van der Waals surface area contributed by atoms with E-state index in [1.165, 1.54) is 12.1 Å². The first kappa shape index (κ1) is 20.1. The van der Waals surface area contributed by atoms with Crippen LogP contribution >= 0.6 is 11.6 Å². The minimum Gasteiger partial charge on any atom is -0.278 e. The molecule has 0 aliphatic heterocycles. The minimum atomic E-state index is -5.21. The van der Waals surface area contributed by atoms with Gasteiger partial charge in [0, 0.05) is 11.1 Å². The van der Waals surface area contributed by atoms with E-state index in [2.05, 4.69) is 0 Å². The third-order valence-corrected chi connectivity index (χ3v) is 3.97. The molecule has 0 aliphatic carbocycles. The number of hydrogen-bond acceptors (Lipinski definition) is 5. The number of non-ortho nitro benzene ring substituents is 1. The molecule has 0 fully saturated rings. The Morgan fingerprint density at radius 2 is 1.74 bits per heavy atom. The van der Waals surface area contributed by atoms with Gasteiger partial charge in [0.2, 0.25) is 6.41 Å². The fourth-order valence-electron chi connectivity index (χ4n) is 2.29. The molecule has 0 radical (unpaired) electrons. The molecule has 0 spiro atoms. The fourth-order valence-corrected chi connectivity index (χ4v) is 2.47. The SMILES string of the molecule is Cc1ccc(N(C=O)c2c([N+](=O)[O-])cc([N+](=O)[O-])cc2C(F)(F)F)cc1Cl. The van der Waals surface area contributed by atoms with Crippen molar-refractivity contribution >= 4 is 40.8 Å². The minimum absolute atomic E-state index is 0.0651. The molecule has 142 valence electrons. The van der Waals surface area contributed by atoms with Gasteiger partial charge >= 0.3 is 11.9 Å². The van der Waals surface area contributed by atoms with E-state index in [0.717, 1.165) is 6.07 Å². The number of anilines is 2. The first-order chi connectivity index (χ1) is 12.5. The van der Waals surface area contributed by atoms with E-state index in [-0.39, 0.29) is 23.2 Å². The molecule has 0 aliphatic rings. The number of benzene rings is 2. The van der Waals surface area contributed by atoms with Crippen LogP contribution in [0.2, 0.25) is 5.02 Å². The van der Waals surface area contributed by atoms with E-state index >= 15 is 0 Å². The van der Waals surface area contributed by atoms with Gasteiger partial charge in [-0.1, -0.05) is 17.7 Å². The summed E-state index contributed by atoms with van der Waals surface area (Å²) in [6, 6.07) is 4.28. The second-order valence-corrected chi connectivity index (χ2v) is 5.69. The van der Waals surface area contributed by atoms with Gasteiger partial charge in [-0.25, -0.2) is 0 Å². The van der Waals surface area contributed by atoms with Crippen molar-refractivity contribution in [3.8, 4) is 0 Å². The van der Waals surface area contributed by atoms with Crippen LogP contribution < -0.4 is 4.90 Å².